The Labute approximate surface area is 84.6 Å². The Hall–Kier alpha value is -1.36. The Kier molecular flexibility index (Phi) is 1.61. The minimum atomic E-state index is -0.225. The number of ether oxygens (including phenoxy) is 2. The van der Waals surface area contributed by atoms with Crippen LogP contribution in [-0.4, -0.2) is 21.8 Å². The van der Waals surface area contributed by atoms with Gasteiger partial charge in [-0.15, -0.1) is 0 Å². The third kappa shape index (κ3) is 1.05. The summed E-state index contributed by atoms with van der Waals surface area (Å²) in [6.45, 7) is 0. The van der Waals surface area contributed by atoms with E-state index in [0.717, 1.165) is 22.5 Å². The fourth-order valence-electron chi connectivity index (χ4n) is 1.45. The van der Waals surface area contributed by atoms with Crippen molar-refractivity contribution in [3.63, 3.8) is 0 Å². The van der Waals surface area contributed by atoms with E-state index < -0.39 is 0 Å². The first-order valence-corrected chi connectivity index (χ1v) is 5.49. The number of imidazole rings is 1. The number of fused-ring (bicyclic) bond motifs is 2. The molecule has 1 N–H and O–H groups in total. The van der Waals surface area contributed by atoms with Crippen LogP contribution < -0.4 is 9.47 Å². The van der Waals surface area contributed by atoms with Crippen molar-refractivity contribution in [1.82, 2.24) is 9.97 Å². The monoisotopic (exact) mass is 208 g/mol. The molecule has 4 nitrogen and oxygen atoms in total. The largest absolute Gasteiger partial charge is 0.442 e. The summed E-state index contributed by atoms with van der Waals surface area (Å²) in [7, 11) is 0. The highest BCUT2D eigenvalue weighted by molar-refractivity contribution is 7.98. The Morgan fingerprint density at radius 2 is 2.14 bits per heavy atom. The molecule has 2 heterocycles. The van der Waals surface area contributed by atoms with Crippen LogP contribution in [0, 0.1) is 0 Å². The van der Waals surface area contributed by atoms with Crippen LogP contribution in [0.1, 0.15) is 0 Å². The highest BCUT2D eigenvalue weighted by Gasteiger charge is 2.23. The molecule has 5 heteroatoms. The average Bonchev–Trinajstić information content (AvgIpc) is 2.77. The van der Waals surface area contributed by atoms with Crippen LogP contribution in [0.4, 0.5) is 0 Å². The van der Waals surface area contributed by atoms with E-state index in [1.807, 2.05) is 18.4 Å². The molecule has 1 unspecified atom stereocenters. The zero-order chi connectivity index (χ0) is 9.54. The molecule has 14 heavy (non-hydrogen) atoms. The standard InChI is InChI=1S/C9H8N2O2S/c1-14-9-12-7-2-5-6(11-4-10-5)3-8(7)13-9/h2-4,9H,1H3,(H,10,11). The van der Waals surface area contributed by atoms with Gasteiger partial charge in [-0.2, -0.15) is 0 Å². The van der Waals surface area contributed by atoms with Gasteiger partial charge < -0.3 is 14.5 Å². The van der Waals surface area contributed by atoms with Gasteiger partial charge in [-0.1, -0.05) is 11.8 Å². The molecular weight excluding hydrogens is 200 g/mol. The predicted molar refractivity (Wildman–Crippen MR) is 54.7 cm³/mol. The molecule has 0 fully saturated rings. The maximum Gasteiger partial charge on any atom is 0.291 e. The van der Waals surface area contributed by atoms with E-state index in [-0.39, 0.29) is 5.62 Å². The van der Waals surface area contributed by atoms with Gasteiger partial charge >= 0.3 is 0 Å². The van der Waals surface area contributed by atoms with Gasteiger partial charge in [0.05, 0.1) is 17.4 Å². The van der Waals surface area contributed by atoms with Crippen molar-refractivity contribution < 1.29 is 9.47 Å². The number of benzene rings is 1. The van der Waals surface area contributed by atoms with E-state index in [9.17, 15) is 0 Å². The van der Waals surface area contributed by atoms with Gasteiger partial charge in [0.2, 0.25) is 0 Å². The van der Waals surface area contributed by atoms with Crippen LogP contribution in [0.5, 0.6) is 11.5 Å². The Morgan fingerprint density at radius 1 is 1.36 bits per heavy atom. The van der Waals surface area contributed by atoms with Gasteiger partial charge in [-0.25, -0.2) is 4.98 Å². The molecule has 1 aliphatic rings. The summed E-state index contributed by atoms with van der Waals surface area (Å²) in [4.78, 5) is 7.18. The summed E-state index contributed by atoms with van der Waals surface area (Å²) < 4.78 is 11.0. The highest BCUT2D eigenvalue weighted by atomic mass is 32.2. The summed E-state index contributed by atoms with van der Waals surface area (Å²) in [6, 6.07) is 3.80. The first-order chi connectivity index (χ1) is 6.86. The maximum atomic E-state index is 5.53. The zero-order valence-electron chi connectivity index (χ0n) is 7.48. The van der Waals surface area contributed by atoms with E-state index in [1.165, 1.54) is 11.8 Å². The lowest BCUT2D eigenvalue weighted by atomic mass is 10.3. The SMILES string of the molecule is CSC1Oc2cc3nc[nH]c3cc2O1. The lowest BCUT2D eigenvalue weighted by molar-refractivity contribution is 0.136. The summed E-state index contributed by atoms with van der Waals surface area (Å²) in [5.74, 6) is 1.55. The molecule has 1 aliphatic heterocycles. The van der Waals surface area contributed by atoms with E-state index in [0.29, 0.717) is 0 Å². The fourth-order valence-corrected chi connectivity index (χ4v) is 1.85. The molecule has 3 rings (SSSR count). The predicted octanol–water partition coefficient (Wildman–Crippen LogP) is 1.98. The number of H-pyrrole nitrogens is 1. The molecule has 1 aromatic heterocycles. The van der Waals surface area contributed by atoms with Gasteiger partial charge in [0, 0.05) is 12.1 Å². The third-order valence-corrected chi connectivity index (χ3v) is 2.70. The molecule has 0 amide bonds. The smallest absolute Gasteiger partial charge is 0.291 e. The van der Waals surface area contributed by atoms with Gasteiger partial charge in [0.1, 0.15) is 0 Å². The van der Waals surface area contributed by atoms with Crippen molar-refractivity contribution >= 4 is 22.8 Å². The molecule has 2 aromatic rings. The number of nitrogens with zero attached hydrogens (tertiary/aromatic N) is 1. The minimum Gasteiger partial charge on any atom is -0.442 e. The molecule has 1 aromatic carbocycles. The molecule has 1 atom stereocenters. The first-order valence-electron chi connectivity index (χ1n) is 4.20. The van der Waals surface area contributed by atoms with Crippen molar-refractivity contribution in [1.29, 1.82) is 0 Å². The van der Waals surface area contributed by atoms with Gasteiger partial charge in [0.15, 0.2) is 11.5 Å². The number of thioether (sulfide) groups is 1. The zero-order valence-corrected chi connectivity index (χ0v) is 8.30. The van der Waals surface area contributed by atoms with Crippen LogP contribution >= 0.6 is 11.8 Å². The summed E-state index contributed by atoms with van der Waals surface area (Å²) in [5, 5.41) is 0. The second kappa shape index (κ2) is 2.81. The van der Waals surface area contributed by atoms with Gasteiger partial charge in [-0.05, 0) is 6.26 Å². The maximum absolute atomic E-state index is 5.53. The second-order valence-electron chi connectivity index (χ2n) is 2.98. The molecule has 0 aliphatic carbocycles. The average molecular weight is 208 g/mol. The number of hydrogen-bond donors (Lipinski definition) is 1. The van der Waals surface area contributed by atoms with Gasteiger partial charge in [0.25, 0.3) is 5.62 Å². The van der Waals surface area contributed by atoms with Crippen molar-refractivity contribution in [2.75, 3.05) is 6.26 Å². The van der Waals surface area contributed by atoms with Crippen LogP contribution in [0.3, 0.4) is 0 Å². The second-order valence-corrected chi connectivity index (χ2v) is 3.84. The molecule has 0 spiro atoms. The normalized spacial score (nSPS) is 15.2. The van der Waals surface area contributed by atoms with E-state index in [1.54, 1.807) is 6.33 Å². The fraction of sp³-hybridized carbons (Fsp3) is 0.222. The minimum absolute atomic E-state index is 0.225. The van der Waals surface area contributed by atoms with E-state index in [4.69, 9.17) is 9.47 Å². The molecular formula is C9H8N2O2S. The van der Waals surface area contributed by atoms with E-state index in [2.05, 4.69) is 9.97 Å². The summed E-state index contributed by atoms with van der Waals surface area (Å²) >= 11 is 1.52. The topological polar surface area (TPSA) is 47.1 Å². The first kappa shape index (κ1) is 7.99. The molecule has 0 saturated carbocycles. The van der Waals surface area contributed by atoms with Crippen LogP contribution in [0.15, 0.2) is 18.5 Å². The van der Waals surface area contributed by atoms with Crippen molar-refractivity contribution in [2.24, 2.45) is 0 Å². The molecule has 0 radical (unpaired) electrons. The number of rotatable bonds is 1. The number of hydrogen-bond acceptors (Lipinski definition) is 4. The summed E-state index contributed by atoms with van der Waals surface area (Å²) in [6.07, 6.45) is 3.60. The number of nitrogens with one attached hydrogen (secondary N) is 1. The van der Waals surface area contributed by atoms with Crippen molar-refractivity contribution in [3.05, 3.63) is 18.5 Å². The van der Waals surface area contributed by atoms with Crippen LogP contribution in [0.25, 0.3) is 11.0 Å². The number of aromatic amines is 1. The Bertz CT molecular complexity index is 443. The molecule has 0 bridgehead atoms. The molecule has 0 saturated heterocycles. The van der Waals surface area contributed by atoms with Crippen LogP contribution in [0.2, 0.25) is 0 Å². The lowest BCUT2D eigenvalue weighted by Crippen LogP contribution is -2.11. The van der Waals surface area contributed by atoms with E-state index >= 15 is 0 Å². The highest BCUT2D eigenvalue weighted by Crippen LogP contribution is 2.39. The molecule has 72 valence electrons. The Balaban J connectivity index is 2.13. The number of aromatic nitrogens is 2. The van der Waals surface area contributed by atoms with Crippen molar-refractivity contribution in [2.45, 2.75) is 5.62 Å². The quantitative estimate of drug-likeness (QED) is 0.778. The van der Waals surface area contributed by atoms with Crippen molar-refractivity contribution in [3.8, 4) is 11.5 Å². The summed E-state index contributed by atoms with van der Waals surface area (Å²) in [5.41, 5.74) is 1.64. The lowest BCUT2D eigenvalue weighted by Gasteiger charge is -2.04. The van der Waals surface area contributed by atoms with Gasteiger partial charge in [-0.3, -0.25) is 0 Å². The van der Waals surface area contributed by atoms with Crippen LogP contribution in [-0.2, 0) is 0 Å². The third-order valence-electron chi connectivity index (χ3n) is 2.12. The Morgan fingerprint density at radius 3 is 2.93 bits per heavy atom.